The fourth-order valence-corrected chi connectivity index (χ4v) is 2.49. The molecule has 1 N–H and O–H groups in total. The molecule has 1 unspecified atom stereocenters. The standard InChI is InChI=1S/C16H24N4/c1-4-14(5-2)13(3)17-11-15-12-18-20(19-15)16-9-7-6-8-10-16/h6-10,12-14,17H,4-5,11H2,1-3H3. The first kappa shape index (κ1) is 14.7. The Bertz CT molecular complexity index is 502. The molecule has 20 heavy (non-hydrogen) atoms. The van der Waals surface area contributed by atoms with Crippen molar-refractivity contribution in [1.82, 2.24) is 20.3 Å². The van der Waals surface area contributed by atoms with Crippen molar-refractivity contribution in [1.29, 1.82) is 0 Å². The zero-order valence-corrected chi connectivity index (χ0v) is 12.6. The summed E-state index contributed by atoms with van der Waals surface area (Å²) in [7, 11) is 0. The molecule has 1 heterocycles. The Kier molecular flexibility index (Phi) is 5.30. The van der Waals surface area contributed by atoms with Gasteiger partial charge in [-0.15, -0.1) is 0 Å². The topological polar surface area (TPSA) is 42.7 Å². The van der Waals surface area contributed by atoms with Gasteiger partial charge in [-0.3, -0.25) is 0 Å². The summed E-state index contributed by atoms with van der Waals surface area (Å²) >= 11 is 0. The zero-order chi connectivity index (χ0) is 14.4. The van der Waals surface area contributed by atoms with E-state index in [-0.39, 0.29) is 0 Å². The Balaban J connectivity index is 1.94. The molecule has 108 valence electrons. The molecule has 0 aliphatic carbocycles. The van der Waals surface area contributed by atoms with Gasteiger partial charge in [0, 0.05) is 12.6 Å². The van der Waals surface area contributed by atoms with Crippen LogP contribution in [-0.4, -0.2) is 21.0 Å². The molecule has 0 amide bonds. The first-order valence-electron chi connectivity index (χ1n) is 7.44. The van der Waals surface area contributed by atoms with Gasteiger partial charge >= 0.3 is 0 Å². The van der Waals surface area contributed by atoms with Gasteiger partial charge in [0.1, 0.15) is 0 Å². The Morgan fingerprint density at radius 1 is 1.15 bits per heavy atom. The maximum atomic E-state index is 4.51. The van der Waals surface area contributed by atoms with Crippen LogP contribution in [0, 0.1) is 5.92 Å². The molecule has 1 atom stereocenters. The summed E-state index contributed by atoms with van der Waals surface area (Å²) in [6.07, 6.45) is 4.25. The smallest absolute Gasteiger partial charge is 0.0969 e. The van der Waals surface area contributed by atoms with E-state index >= 15 is 0 Å². The number of nitrogens with zero attached hydrogens (tertiary/aromatic N) is 3. The lowest BCUT2D eigenvalue weighted by molar-refractivity contribution is 0.351. The van der Waals surface area contributed by atoms with E-state index in [1.165, 1.54) is 12.8 Å². The highest BCUT2D eigenvalue weighted by Gasteiger charge is 2.13. The van der Waals surface area contributed by atoms with E-state index in [0.29, 0.717) is 6.04 Å². The van der Waals surface area contributed by atoms with E-state index in [4.69, 9.17) is 0 Å². The molecule has 0 fully saturated rings. The maximum Gasteiger partial charge on any atom is 0.0969 e. The van der Waals surface area contributed by atoms with Crippen LogP contribution in [-0.2, 0) is 6.54 Å². The third-order valence-corrected chi connectivity index (χ3v) is 3.89. The summed E-state index contributed by atoms with van der Waals surface area (Å²) in [5, 5.41) is 12.4. The van der Waals surface area contributed by atoms with Crippen LogP contribution in [0.15, 0.2) is 36.5 Å². The molecular formula is C16H24N4. The van der Waals surface area contributed by atoms with Gasteiger partial charge in [0.2, 0.25) is 0 Å². The minimum atomic E-state index is 0.506. The van der Waals surface area contributed by atoms with Crippen molar-refractivity contribution in [3.63, 3.8) is 0 Å². The number of hydrogen-bond donors (Lipinski definition) is 1. The van der Waals surface area contributed by atoms with E-state index in [1.807, 2.05) is 36.5 Å². The van der Waals surface area contributed by atoms with Gasteiger partial charge in [-0.25, -0.2) is 0 Å². The second-order valence-corrected chi connectivity index (χ2v) is 5.21. The highest BCUT2D eigenvalue weighted by atomic mass is 15.5. The molecule has 0 saturated heterocycles. The van der Waals surface area contributed by atoms with Gasteiger partial charge in [0.15, 0.2) is 0 Å². The summed E-state index contributed by atoms with van der Waals surface area (Å²) in [5.41, 5.74) is 1.97. The largest absolute Gasteiger partial charge is 0.308 e. The summed E-state index contributed by atoms with van der Waals surface area (Å²) in [4.78, 5) is 1.68. The van der Waals surface area contributed by atoms with Crippen LogP contribution in [0.1, 0.15) is 39.3 Å². The summed E-state index contributed by atoms with van der Waals surface area (Å²) in [6.45, 7) is 7.51. The van der Waals surface area contributed by atoms with Gasteiger partial charge in [0.05, 0.1) is 17.6 Å². The molecule has 1 aromatic heterocycles. The lowest BCUT2D eigenvalue weighted by atomic mass is 9.95. The van der Waals surface area contributed by atoms with Crippen molar-refractivity contribution in [2.24, 2.45) is 5.92 Å². The molecule has 0 bridgehead atoms. The zero-order valence-electron chi connectivity index (χ0n) is 12.6. The monoisotopic (exact) mass is 272 g/mol. The Hall–Kier alpha value is -1.68. The predicted molar refractivity (Wildman–Crippen MR) is 81.7 cm³/mol. The number of hydrogen-bond acceptors (Lipinski definition) is 3. The molecule has 2 rings (SSSR count). The minimum Gasteiger partial charge on any atom is -0.308 e. The average Bonchev–Trinajstić information content (AvgIpc) is 2.96. The molecule has 0 radical (unpaired) electrons. The Labute approximate surface area is 121 Å². The second-order valence-electron chi connectivity index (χ2n) is 5.21. The highest BCUT2D eigenvalue weighted by Crippen LogP contribution is 2.13. The van der Waals surface area contributed by atoms with Crippen molar-refractivity contribution in [2.45, 2.75) is 46.2 Å². The van der Waals surface area contributed by atoms with Crippen molar-refractivity contribution in [3.05, 3.63) is 42.2 Å². The first-order valence-corrected chi connectivity index (χ1v) is 7.44. The minimum absolute atomic E-state index is 0.506. The first-order chi connectivity index (χ1) is 9.74. The van der Waals surface area contributed by atoms with E-state index in [0.717, 1.165) is 23.8 Å². The van der Waals surface area contributed by atoms with E-state index in [9.17, 15) is 0 Å². The summed E-state index contributed by atoms with van der Waals surface area (Å²) in [6, 6.07) is 10.5. The van der Waals surface area contributed by atoms with Crippen molar-refractivity contribution in [2.75, 3.05) is 0 Å². The molecule has 1 aromatic carbocycles. The number of rotatable bonds is 7. The third kappa shape index (κ3) is 3.67. The molecule has 0 aliphatic heterocycles. The van der Waals surface area contributed by atoms with Gasteiger partial charge in [-0.2, -0.15) is 15.0 Å². The number of aromatic nitrogens is 3. The Morgan fingerprint density at radius 2 is 1.85 bits per heavy atom. The molecule has 4 nitrogen and oxygen atoms in total. The lowest BCUT2D eigenvalue weighted by Gasteiger charge is -2.21. The second kappa shape index (κ2) is 7.20. The fourth-order valence-electron chi connectivity index (χ4n) is 2.49. The van der Waals surface area contributed by atoms with Crippen molar-refractivity contribution < 1.29 is 0 Å². The predicted octanol–water partition coefficient (Wildman–Crippen LogP) is 3.18. The van der Waals surface area contributed by atoms with Gasteiger partial charge in [-0.05, 0) is 25.0 Å². The van der Waals surface area contributed by atoms with Crippen LogP contribution in [0.5, 0.6) is 0 Å². The van der Waals surface area contributed by atoms with E-state index < -0.39 is 0 Å². The fraction of sp³-hybridized carbons (Fsp3) is 0.500. The summed E-state index contributed by atoms with van der Waals surface area (Å²) < 4.78 is 0. The van der Waals surface area contributed by atoms with E-state index in [2.05, 4.69) is 36.3 Å². The highest BCUT2D eigenvalue weighted by molar-refractivity contribution is 5.28. The SMILES string of the molecule is CCC(CC)C(C)NCc1cnn(-c2ccccc2)n1. The van der Waals surface area contributed by atoms with E-state index in [1.54, 1.807) is 4.80 Å². The number of benzene rings is 1. The van der Waals surface area contributed by atoms with Crippen LogP contribution < -0.4 is 5.32 Å². The van der Waals surface area contributed by atoms with Crippen LogP contribution in [0.3, 0.4) is 0 Å². The normalized spacial score (nSPS) is 12.8. The molecule has 2 aromatic rings. The number of nitrogens with one attached hydrogen (secondary N) is 1. The quantitative estimate of drug-likeness (QED) is 0.841. The van der Waals surface area contributed by atoms with Gasteiger partial charge in [0.25, 0.3) is 0 Å². The third-order valence-electron chi connectivity index (χ3n) is 3.89. The molecule has 0 spiro atoms. The van der Waals surface area contributed by atoms with Crippen molar-refractivity contribution in [3.8, 4) is 5.69 Å². The van der Waals surface area contributed by atoms with Crippen LogP contribution in [0.25, 0.3) is 5.69 Å². The summed E-state index contributed by atoms with van der Waals surface area (Å²) in [5.74, 6) is 0.721. The molecule has 0 saturated carbocycles. The maximum absolute atomic E-state index is 4.51. The Morgan fingerprint density at radius 3 is 2.50 bits per heavy atom. The van der Waals surface area contributed by atoms with Crippen molar-refractivity contribution >= 4 is 0 Å². The van der Waals surface area contributed by atoms with Crippen LogP contribution in [0.2, 0.25) is 0 Å². The molecular weight excluding hydrogens is 248 g/mol. The van der Waals surface area contributed by atoms with Gasteiger partial charge < -0.3 is 5.32 Å². The lowest BCUT2D eigenvalue weighted by Crippen LogP contribution is -2.32. The number of para-hydroxylation sites is 1. The molecule has 4 heteroatoms. The van der Waals surface area contributed by atoms with Crippen LogP contribution in [0.4, 0.5) is 0 Å². The average molecular weight is 272 g/mol. The van der Waals surface area contributed by atoms with Gasteiger partial charge in [-0.1, -0.05) is 44.9 Å². The van der Waals surface area contributed by atoms with Crippen LogP contribution >= 0.6 is 0 Å². The molecule has 0 aliphatic rings.